The van der Waals surface area contributed by atoms with Crippen molar-refractivity contribution in [3.63, 3.8) is 0 Å². The van der Waals surface area contributed by atoms with Gasteiger partial charge in [-0.2, -0.15) is 0 Å². The van der Waals surface area contributed by atoms with E-state index in [0.29, 0.717) is 0 Å². The molecule has 0 saturated carbocycles. The van der Waals surface area contributed by atoms with Crippen LogP contribution in [-0.4, -0.2) is 4.57 Å². The van der Waals surface area contributed by atoms with Crippen molar-refractivity contribution in [3.8, 4) is 0 Å². The molecule has 1 heterocycles. The quantitative estimate of drug-likeness (QED) is 0.564. The molecule has 0 N–H and O–H groups in total. The van der Waals surface area contributed by atoms with Crippen LogP contribution < -0.4 is 0 Å². The fourth-order valence-electron chi connectivity index (χ4n) is 2.02. The number of aryl methyl sites for hydroxylation is 1. The third-order valence-corrected chi connectivity index (χ3v) is 2.72. The molecule has 1 aromatic heterocycles. The van der Waals surface area contributed by atoms with Crippen molar-refractivity contribution in [3.05, 3.63) is 48.2 Å². The average Bonchev–Trinajstić information content (AvgIpc) is 2.86. The topological polar surface area (TPSA) is 4.93 Å². The van der Waals surface area contributed by atoms with E-state index in [1.54, 1.807) is 0 Å². The summed E-state index contributed by atoms with van der Waals surface area (Å²) in [4.78, 5) is 0. The lowest BCUT2D eigenvalue weighted by atomic mass is 10.1. The second-order valence-corrected chi connectivity index (χ2v) is 3.58. The van der Waals surface area contributed by atoms with E-state index in [2.05, 4.69) is 54.6 Å². The largest absolute Gasteiger partial charge is 0.344 e. The number of allylic oxidation sites excluding steroid dienone is 1. The Morgan fingerprint density at radius 3 is 1.95 bits per heavy atom. The van der Waals surface area contributed by atoms with E-state index >= 15 is 0 Å². The van der Waals surface area contributed by atoms with Gasteiger partial charge in [-0.1, -0.05) is 78.5 Å². The van der Waals surface area contributed by atoms with Crippen molar-refractivity contribution in [2.24, 2.45) is 7.05 Å². The second-order valence-electron chi connectivity index (χ2n) is 3.58. The summed E-state index contributed by atoms with van der Waals surface area (Å²) < 4.78 is 2.20. The van der Waals surface area contributed by atoms with Gasteiger partial charge < -0.3 is 4.57 Å². The predicted molar refractivity (Wildman–Crippen MR) is 102 cm³/mol. The molecule has 0 bridgehead atoms. The van der Waals surface area contributed by atoms with Crippen molar-refractivity contribution in [1.82, 2.24) is 4.57 Å². The molecule has 0 aliphatic carbocycles. The van der Waals surface area contributed by atoms with Gasteiger partial charge in [0.15, 0.2) is 0 Å². The highest BCUT2D eigenvalue weighted by atomic mass is 14.9. The maximum absolute atomic E-state index is 3.89. The van der Waals surface area contributed by atoms with E-state index in [0.717, 1.165) is 0 Å². The Kier molecular flexibility index (Phi) is 13.6. The Balaban J connectivity index is 0. The van der Waals surface area contributed by atoms with Crippen molar-refractivity contribution in [1.29, 1.82) is 0 Å². The molecule has 1 heteroatoms. The van der Waals surface area contributed by atoms with E-state index in [1.165, 1.54) is 22.2 Å². The molecule has 2 aromatic rings. The molecular weight excluding hydrogens is 254 g/mol. The van der Waals surface area contributed by atoms with Gasteiger partial charge in [0, 0.05) is 29.2 Å². The standard InChI is InChI=1S/C14H15N.3C2H6/c1-4-8-13-11(5-2)12-9-6-7-10-14(12)15(13)3;3*1-2/h4-10H,2H2,1,3H3;3*1-2H3/b8-4-;;;. The normalized spacial score (nSPS) is 8.95. The summed E-state index contributed by atoms with van der Waals surface area (Å²) in [6.07, 6.45) is 6.11. The molecule has 0 saturated heterocycles. The van der Waals surface area contributed by atoms with Gasteiger partial charge in [0.25, 0.3) is 0 Å². The molecule has 0 atom stereocenters. The second kappa shape index (κ2) is 13.2. The van der Waals surface area contributed by atoms with E-state index in [1.807, 2.05) is 54.5 Å². The van der Waals surface area contributed by atoms with Crippen LogP contribution in [0.25, 0.3) is 23.1 Å². The zero-order valence-corrected chi connectivity index (χ0v) is 15.2. The Morgan fingerprint density at radius 1 is 0.952 bits per heavy atom. The number of fused-ring (bicyclic) bond motifs is 1. The molecule has 21 heavy (non-hydrogen) atoms. The Morgan fingerprint density at radius 2 is 1.48 bits per heavy atom. The van der Waals surface area contributed by atoms with Gasteiger partial charge in [-0.05, 0) is 19.1 Å². The lowest BCUT2D eigenvalue weighted by Crippen LogP contribution is -1.90. The van der Waals surface area contributed by atoms with Crippen LogP contribution in [0.4, 0.5) is 0 Å². The first-order valence-corrected chi connectivity index (χ1v) is 8.12. The molecule has 0 unspecified atom stereocenters. The number of rotatable bonds is 2. The van der Waals surface area contributed by atoms with Gasteiger partial charge in [-0.15, -0.1) is 0 Å². The van der Waals surface area contributed by atoms with E-state index in [9.17, 15) is 0 Å². The van der Waals surface area contributed by atoms with Crippen LogP contribution in [0.2, 0.25) is 0 Å². The van der Waals surface area contributed by atoms with Gasteiger partial charge in [-0.25, -0.2) is 0 Å². The molecule has 0 aliphatic heterocycles. The van der Waals surface area contributed by atoms with Gasteiger partial charge in [-0.3, -0.25) is 0 Å². The summed E-state index contributed by atoms with van der Waals surface area (Å²) in [6, 6.07) is 8.40. The minimum Gasteiger partial charge on any atom is -0.344 e. The maximum atomic E-state index is 3.89. The third kappa shape index (κ3) is 5.26. The highest BCUT2D eigenvalue weighted by Gasteiger charge is 2.08. The summed E-state index contributed by atoms with van der Waals surface area (Å²) >= 11 is 0. The monoisotopic (exact) mass is 287 g/mol. The van der Waals surface area contributed by atoms with Gasteiger partial charge >= 0.3 is 0 Å². The fourth-order valence-corrected chi connectivity index (χ4v) is 2.02. The minimum atomic E-state index is 1.21. The average molecular weight is 287 g/mol. The third-order valence-electron chi connectivity index (χ3n) is 2.72. The molecule has 0 aliphatic rings. The molecule has 118 valence electrons. The number of nitrogens with zero attached hydrogens (tertiary/aromatic N) is 1. The summed E-state index contributed by atoms with van der Waals surface area (Å²) in [5.41, 5.74) is 3.68. The zero-order valence-electron chi connectivity index (χ0n) is 15.2. The Labute approximate surface area is 132 Å². The van der Waals surface area contributed by atoms with Crippen LogP contribution in [0, 0.1) is 0 Å². The molecule has 1 nitrogen and oxygen atoms in total. The van der Waals surface area contributed by atoms with E-state index in [-0.39, 0.29) is 0 Å². The van der Waals surface area contributed by atoms with Crippen LogP contribution in [0.15, 0.2) is 36.9 Å². The first kappa shape index (κ1) is 21.5. The van der Waals surface area contributed by atoms with E-state index in [4.69, 9.17) is 0 Å². The van der Waals surface area contributed by atoms with Crippen molar-refractivity contribution >= 4 is 23.1 Å². The lowest BCUT2D eigenvalue weighted by Gasteiger charge is -1.98. The highest BCUT2D eigenvalue weighted by Crippen LogP contribution is 2.26. The Hall–Kier alpha value is -1.76. The van der Waals surface area contributed by atoms with Crippen LogP contribution in [0.5, 0.6) is 0 Å². The van der Waals surface area contributed by atoms with Crippen LogP contribution >= 0.6 is 0 Å². The van der Waals surface area contributed by atoms with Crippen LogP contribution in [-0.2, 0) is 7.05 Å². The number of aromatic nitrogens is 1. The Bertz CT molecular complexity index is 530. The lowest BCUT2D eigenvalue weighted by molar-refractivity contribution is 0.953. The minimum absolute atomic E-state index is 1.21. The van der Waals surface area contributed by atoms with Crippen LogP contribution in [0.3, 0.4) is 0 Å². The van der Waals surface area contributed by atoms with Gasteiger partial charge in [0.2, 0.25) is 0 Å². The summed E-state index contributed by atoms with van der Waals surface area (Å²) in [5.74, 6) is 0. The molecular formula is C20H33N. The maximum Gasteiger partial charge on any atom is 0.0488 e. The molecule has 2 rings (SSSR count). The number of para-hydroxylation sites is 1. The zero-order chi connectivity index (χ0) is 16.8. The number of benzene rings is 1. The number of hydrogen-bond donors (Lipinski definition) is 0. The first-order chi connectivity index (χ1) is 10.3. The summed E-state index contributed by atoms with van der Waals surface area (Å²) in [7, 11) is 2.09. The van der Waals surface area contributed by atoms with Gasteiger partial charge in [0.05, 0.1) is 0 Å². The molecule has 0 spiro atoms. The van der Waals surface area contributed by atoms with Crippen molar-refractivity contribution in [2.45, 2.75) is 48.5 Å². The number of hydrogen-bond acceptors (Lipinski definition) is 0. The SMILES string of the molecule is C=Cc1c(/C=C\C)n(C)c2ccccc12.CC.CC.CC. The van der Waals surface area contributed by atoms with Crippen LogP contribution in [0.1, 0.15) is 59.7 Å². The van der Waals surface area contributed by atoms with Crippen molar-refractivity contribution < 1.29 is 0 Å². The molecule has 0 radical (unpaired) electrons. The fraction of sp³-hybridized carbons (Fsp3) is 0.400. The van der Waals surface area contributed by atoms with Gasteiger partial charge in [0.1, 0.15) is 0 Å². The van der Waals surface area contributed by atoms with E-state index < -0.39 is 0 Å². The summed E-state index contributed by atoms with van der Waals surface area (Å²) in [6.45, 7) is 17.9. The molecule has 0 amide bonds. The van der Waals surface area contributed by atoms with Crippen molar-refractivity contribution in [2.75, 3.05) is 0 Å². The smallest absolute Gasteiger partial charge is 0.0488 e. The highest BCUT2D eigenvalue weighted by molar-refractivity contribution is 5.93. The first-order valence-electron chi connectivity index (χ1n) is 8.12. The predicted octanol–water partition coefficient (Wildman–Crippen LogP) is 6.93. The summed E-state index contributed by atoms with van der Waals surface area (Å²) in [5, 5.41) is 1.27. The molecule has 0 fully saturated rings. The molecule has 1 aromatic carbocycles.